The Balaban J connectivity index is 0.00000144. The molecule has 5 nitrogen and oxygen atoms in total. The lowest BCUT2D eigenvalue weighted by Gasteiger charge is -2.36. The first kappa shape index (κ1) is 21.2. The van der Waals surface area contributed by atoms with Crippen molar-refractivity contribution in [2.75, 3.05) is 39.3 Å². The van der Waals surface area contributed by atoms with Crippen molar-refractivity contribution < 1.29 is 9.90 Å². The fourth-order valence-corrected chi connectivity index (χ4v) is 3.25. The van der Waals surface area contributed by atoms with Crippen LogP contribution in [0, 0.1) is 0 Å². The molecule has 7 heteroatoms. The van der Waals surface area contributed by atoms with Crippen molar-refractivity contribution >= 4 is 30.7 Å². The first-order chi connectivity index (χ1) is 10.7. The molecule has 1 amide bonds. The summed E-state index contributed by atoms with van der Waals surface area (Å²) in [7, 11) is 0. The number of nitrogens with zero attached hydrogens (tertiary/aromatic N) is 2. The molecule has 0 radical (unpaired) electrons. The summed E-state index contributed by atoms with van der Waals surface area (Å²) in [6, 6.07) is 10.3. The molecule has 2 fully saturated rings. The highest BCUT2D eigenvalue weighted by Crippen LogP contribution is 2.12. The van der Waals surface area contributed by atoms with Gasteiger partial charge in [-0.05, 0) is 18.4 Å². The van der Waals surface area contributed by atoms with Gasteiger partial charge >= 0.3 is 0 Å². The van der Waals surface area contributed by atoms with Gasteiger partial charge in [-0.2, -0.15) is 0 Å². The van der Waals surface area contributed by atoms with Crippen LogP contribution in [0.5, 0.6) is 0 Å². The van der Waals surface area contributed by atoms with E-state index in [1.165, 1.54) is 5.56 Å². The Bertz CT molecular complexity index is 496. The molecule has 2 aliphatic rings. The van der Waals surface area contributed by atoms with Gasteiger partial charge in [-0.1, -0.05) is 30.3 Å². The van der Waals surface area contributed by atoms with Crippen LogP contribution in [-0.4, -0.2) is 72.2 Å². The third kappa shape index (κ3) is 5.60. The van der Waals surface area contributed by atoms with E-state index in [9.17, 15) is 9.90 Å². The molecule has 2 aliphatic heterocycles. The summed E-state index contributed by atoms with van der Waals surface area (Å²) in [5, 5.41) is 12.6. The molecule has 1 aromatic rings. The highest BCUT2D eigenvalue weighted by Gasteiger charge is 2.32. The number of rotatable bonds is 4. The van der Waals surface area contributed by atoms with Crippen LogP contribution in [0.25, 0.3) is 0 Å². The van der Waals surface area contributed by atoms with Crippen LogP contribution in [-0.2, 0) is 11.2 Å². The minimum absolute atomic E-state index is 0. The van der Waals surface area contributed by atoms with E-state index in [1.807, 2.05) is 11.0 Å². The van der Waals surface area contributed by atoms with Crippen LogP contribution >= 0.6 is 24.8 Å². The van der Waals surface area contributed by atoms with Gasteiger partial charge in [0.15, 0.2) is 0 Å². The fraction of sp³-hybridized carbons (Fsp3) is 0.588. The standard InChI is InChI=1S/C17H25N3O2.2ClH/c21-15-12-16(18-13-15)17(22)20-10-8-19(9-11-20)7-6-14-4-2-1-3-5-14;;/h1-5,15-16,18,21H,6-13H2;2*1H. The third-order valence-corrected chi connectivity index (χ3v) is 4.65. The van der Waals surface area contributed by atoms with Crippen LogP contribution < -0.4 is 5.32 Å². The van der Waals surface area contributed by atoms with E-state index >= 15 is 0 Å². The normalized spacial score (nSPS) is 24.1. The summed E-state index contributed by atoms with van der Waals surface area (Å²) in [5.74, 6) is 0.152. The fourth-order valence-electron chi connectivity index (χ4n) is 3.25. The predicted octanol–water partition coefficient (Wildman–Crippen LogP) is 0.940. The van der Waals surface area contributed by atoms with Crippen molar-refractivity contribution in [3.05, 3.63) is 35.9 Å². The number of β-amino-alcohol motifs (C(OH)–C–C–N with tert-alkyl or cyclic N) is 1. The third-order valence-electron chi connectivity index (χ3n) is 4.65. The van der Waals surface area contributed by atoms with Crippen molar-refractivity contribution in [2.45, 2.75) is 25.0 Å². The molecule has 0 spiro atoms. The summed E-state index contributed by atoms with van der Waals surface area (Å²) >= 11 is 0. The lowest BCUT2D eigenvalue weighted by atomic mass is 10.1. The number of piperazine rings is 1. The number of halogens is 2. The molecule has 0 saturated carbocycles. The van der Waals surface area contributed by atoms with Crippen LogP contribution in [0.15, 0.2) is 30.3 Å². The second kappa shape index (κ2) is 10.2. The Kier molecular flexibility index (Phi) is 9.02. The van der Waals surface area contributed by atoms with Gasteiger partial charge in [-0.3, -0.25) is 9.69 Å². The lowest BCUT2D eigenvalue weighted by molar-refractivity contribution is -0.135. The van der Waals surface area contributed by atoms with Crippen LogP contribution in [0.2, 0.25) is 0 Å². The van der Waals surface area contributed by atoms with Crippen molar-refractivity contribution in [2.24, 2.45) is 0 Å². The zero-order valence-electron chi connectivity index (χ0n) is 13.8. The average molecular weight is 376 g/mol. The Hall–Kier alpha value is -0.850. The molecule has 2 atom stereocenters. The highest BCUT2D eigenvalue weighted by molar-refractivity contribution is 5.85. The smallest absolute Gasteiger partial charge is 0.239 e. The maximum absolute atomic E-state index is 12.4. The molecule has 0 aliphatic carbocycles. The lowest BCUT2D eigenvalue weighted by Crippen LogP contribution is -2.53. The van der Waals surface area contributed by atoms with Gasteiger partial charge < -0.3 is 15.3 Å². The summed E-state index contributed by atoms with van der Waals surface area (Å²) in [6.45, 7) is 5.05. The summed E-state index contributed by atoms with van der Waals surface area (Å²) < 4.78 is 0. The van der Waals surface area contributed by atoms with Crippen molar-refractivity contribution in [1.82, 2.24) is 15.1 Å². The zero-order valence-corrected chi connectivity index (χ0v) is 15.4. The zero-order chi connectivity index (χ0) is 15.4. The second-order valence-electron chi connectivity index (χ2n) is 6.25. The number of hydrogen-bond donors (Lipinski definition) is 2. The van der Waals surface area contributed by atoms with E-state index in [2.05, 4.69) is 34.5 Å². The Labute approximate surface area is 156 Å². The monoisotopic (exact) mass is 375 g/mol. The van der Waals surface area contributed by atoms with E-state index in [4.69, 9.17) is 0 Å². The molecular formula is C17H27Cl2N3O2. The summed E-state index contributed by atoms with van der Waals surface area (Å²) in [4.78, 5) is 16.7. The molecule has 2 unspecified atom stereocenters. The van der Waals surface area contributed by atoms with Gasteiger partial charge in [0.2, 0.25) is 5.91 Å². The average Bonchev–Trinajstić information content (AvgIpc) is 3.00. The number of carbonyl (C=O) groups excluding carboxylic acids is 1. The van der Waals surface area contributed by atoms with E-state index in [0.717, 1.165) is 39.1 Å². The van der Waals surface area contributed by atoms with Crippen LogP contribution in [0.1, 0.15) is 12.0 Å². The molecular weight excluding hydrogens is 349 g/mol. The summed E-state index contributed by atoms with van der Waals surface area (Å²) in [5.41, 5.74) is 1.37. The first-order valence-corrected chi connectivity index (χ1v) is 8.19. The maximum atomic E-state index is 12.4. The van der Waals surface area contributed by atoms with Gasteiger partial charge in [0, 0.05) is 39.3 Å². The first-order valence-electron chi connectivity index (χ1n) is 8.19. The molecule has 3 rings (SSSR count). The number of nitrogens with one attached hydrogen (secondary N) is 1. The quantitative estimate of drug-likeness (QED) is 0.822. The summed E-state index contributed by atoms with van der Waals surface area (Å²) in [6.07, 6.45) is 1.24. The minimum atomic E-state index is -0.374. The van der Waals surface area contributed by atoms with Crippen molar-refractivity contribution in [1.29, 1.82) is 0 Å². The maximum Gasteiger partial charge on any atom is 0.239 e. The van der Waals surface area contributed by atoms with Gasteiger partial charge in [-0.15, -0.1) is 24.8 Å². The molecule has 136 valence electrons. The van der Waals surface area contributed by atoms with Gasteiger partial charge in [0.1, 0.15) is 0 Å². The molecule has 24 heavy (non-hydrogen) atoms. The Morgan fingerprint density at radius 1 is 1.12 bits per heavy atom. The topological polar surface area (TPSA) is 55.8 Å². The van der Waals surface area contributed by atoms with Gasteiger partial charge in [-0.25, -0.2) is 0 Å². The molecule has 1 aromatic carbocycles. The highest BCUT2D eigenvalue weighted by atomic mass is 35.5. The Morgan fingerprint density at radius 2 is 1.79 bits per heavy atom. The van der Waals surface area contributed by atoms with Crippen molar-refractivity contribution in [3.8, 4) is 0 Å². The minimum Gasteiger partial charge on any atom is -0.392 e. The SMILES string of the molecule is Cl.Cl.O=C(C1CC(O)CN1)N1CCN(CCc2ccccc2)CC1. The van der Waals surface area contributed by atoms with Crippen LogP contribution in [0.3, 0.4) is 0 Å². The van der Waals surface area contributed by atoms with E-state index < -0.39 is 0 Å². The van der Waals surface area contributed by atoms with E-state index in [-0.39, 0.29) is 42.9 Å². The number of benzene rings is 1. The number of hydrogen-bond acceptors (Lipinski definition) is 4. The van der Waals surface area contributed by atoms with Gasteiger partial charge in [0.25, 0.3) is 0 Å². The second-order valence-corrected chi connectivity index (χ2v) is 6.25. The Morgan fingerprint density at radius 3 is 2.38 bits per heavy atom. The molecule has 2 heterocycles. The largest absolute Gasteiger partial charge is 0.392 e. The van der Waals surface area contributed by atoms with E-state index in [0.29, 0.717) is 13.0 Å². The van der Waals surface area contributed by atoms with Gasteiger partial charge in [0.05, 0.1) is 12.1 Å². The van der Waals surface area contributed by atoms with Crippen LogP contribution in [0.4, 0.5) is 0 Å². The van der Waals surface area contributed by atoms with E-state index in [1.54, 1.807) is 0 Å². The molecule has 0 aromatic heterocycles. The number of aliphatic hydroxyl groups excluding tert-OH is 1. The molecule has 0 bridgehead atoms. The molecule has 2 N–H and O–H groups in total. The number of aliphatic hydroxyl groups is 1. The predicted molar refractivity (Wildman–Crippen MR) is 100 cm³/mol. The number of carbonyl (C=O) groups is 1. The van der Waals surface area contributed by atoms with Crippen molar-refractivity contribution in [3.63, 3.8) is 0 Å². The molecule has 2 saturated heterocycles. The number of amides is 1.